The first kappa shape index (κ1) is 20.2. The molecule has 0 atom stereocenters. The lowest BCUT2D eigenvalue weighted by atomic mass is 9.93. The van der Waals surface area contributed by atoms with Crippen LogP contribution in [0, 0.1) is 0 Å². The van der Waals surface area contributed by atoms with E-state index in [1.807, 2.05) is 37.1 Å². The van der Waals surface area contributed by atoms with Crippen LogP contribution in [0.4, 0.5) is 5.82 Å². The van der Waals surface area contributed by atoms with E-state index in [2.05, 4.69) is 36.0 Å². The van der Waals surface area contributed by atoms with Crippen molar-refractivity contribution in [2.75, 3.05) is 31.2 Å². The molecule has 172 valence electrons. The number of pyridine rings is 2. The summed E-state index contributed by atoms with van der Waals surface area (Å²) in [6.45, 7) is 3.02. The van der Waals surface area contributed by atoms with Crippen molar-refractivity contribution < 1.29 is 9.47 Å². The van der Waals surface area contributed by atoms with Crippen molar-refractivity contribution in [3.63, 3.8) is 0 Å². The summed E-state index contributed by atoms with van der Waals surface area (Å²) in [6, 6.07) is 4.55. The number of imidazole rings is 1. The molecular formula is C22H27N9O2. The highest BCUT2D eigenvalue weighted by Gasteiger charge is 2.25. The molecule has 3 aliphatic rings. The molecule has 2 fully saturated rings. The summed E-state index contributed by atoms with van der Waals surface area (Å²) in [5, 5.41) is 5.08. The van der Waals surface area contributed by atoms with E-state index in [0.717, 1.165) is 61.1 Å². The standard InChI is InChI=1S/C22H27N9O2/c1-3-17(4-2-16(1)31-6-5-23-14-31)33-22-18-11-15(21-26-28-29-27-21)13-24-19(18)12-20(25-22)30-7-9-32-10-8-30/h5-6,11-14,16-17,28-29H,1-4,7-10H2,(H,26,27)/t16-,17+. The summed E-state index contributed by atoms with van der Waals surface area (Å²) in [5.74, 6) is 2.19. The fourth-order valence-corrected chi connectivity index (χ4v) is 4.69. The van der Waals surface area contributed by atoms with Crippen molar-refractivity contribution in [2.45, 2.75) is 37.8 Å². The van der Waals surface area contributed by atoms with E-state index in [4.69, 9.17) is 19.4 Å². The van der Waals surface area contributed by atoms with E-state index in [9.17, 15) is 0 Å². The van der Waals surface area contributed by atoms with Crippen LogP contribution in [0.15, 0.2) is 42.2 Å². The van der Waals surface area contributed by atoms with Crippen LogP contribution in [-0.4, -0.2) is 57.8 Å². The summed E-state index contributed by atoms with van der Waals surface area (Å²) in [4.78, 5) is 16.1. The van der Waals surface area contributed by atoms with Gasteiger partial charge in [0.2, 0.25) is 5.88 Å². The van der Waals surface area contributed by atoms with Crippen molar-refractivity contribution in [2.24, 2.45) is 5.10 Å². The summed E-state index contributed by atoms with van der Waals surface area (Å²) >= 11 is 0. The number of aromatic nitrogens is 4. The molecule has 3 aromatic rings. The molecule has 1 saturated heterocycles. The Kier molecular flexibility index (Phi) is 5.40. The molecule has 0 unspecified atom stereocenters. The van der Waals surface area contributed by atoms with Gasteiger partial charge in [-0.1, -0.05) is 0 Å². The molecular weight excluding hydrogens is 422 g/mol. The highest BCUT2D eigenvalue weighted by Crippen LogP contribution is 2.34. The van der Waals surface area contributed by atoms with Gasteiger partial charge in [-0.2, -0.15) is 4.98 Å². The molecule has 1 aliphatic carbocycles. The molecule has 0 amide bonds. The minimum absolute atomic E-state index is 0.120. The van der Waals surface area contributed by atoms with Gasteiger partial charge in [0.25, 0.3) is 0 Å². The highest BCUT2D eigenvalue weighted by molar-refractivity contribution is 6.02. The van der Waals surface area contributed by atoms with Crippen LogP contribution in [0.25, 0.3) is 10.9 Å². The Balaban J connectivity index is 1.29. The Hall–Kier alpha value is -3.44. The summed E-state index contributed by atoms with van der Waals surface area (Å²) < 4.78 is 14.3. The van der Waals surface area contributed by atoms with E-state index < -0.39 is 0 Å². The third kappa shape index (κ3) is 4.16. The van der Waals surface area contributed by atoms with Gasteiger partial charge in [-0.05, 0) is 31.7 Å². The van der Waals surface area contributed by atoms with Gasteiger partial charge in [0.1, 0.15) is 11.9 Å². The second-order valence-corrected chi connectivity index (χ2v) is 8.56. The fraction of sp³-hybridized carbons (Fsp3) is 0.455. The minimum Gasteiger partial charge on any atom is -0.474 e. The zero-order valence-electron chi connectivity index (χ0n) is 18.3. The first-order valence-electron chi connectivity index (χ1n) is 11.5. The molecule has 0 spiro atoms. The van der Waals surface area contributed by atoms with Gasteiger partial charge in [-0.25, -0.2) is 10.5 Å². The van der Waals surface area contributed by atoms with Gasteiger partial charge in [0.15, 0.2) is 5.84 Å². The number of nitrogens with zero attached hydrogens (tertiary/aromatic N) is 6. The first-order chi connectivity index (χ1) is 16.3. The normalized spacial score (nSPS) is 23.2. The molecule has 11 nitrogen and oxygen atoms in total. The van der Waals surface area contributed by atoms with Gasteiger partial charge in [0, 0.05) is 49.4 Å². The second kappa shape index (κ2) is 8.83. The van der Waals surface area contributed by atoms with Crippen LogP contribution in [0.2, 0.25) is 0 Å². The first-order valence-corrected chi connectivity index (χ1v) is 11.5. The van der Waals surface area contributed by atoms with Gasteiger partial charge in [-0.3, -0.25) is 10.4 Å². The van der Waals surface area contributed by atoms with Crippen LogP contribution >= 0.6 is 0 Å². The molecule has 11 heteroatoms. The SMILES string of the molecule is c1cn([C@H]2CC[C@@H](Oc3nc(N4CCOCC4)cc4ncc(C5=NNNN5)cc34)CC2)cn1. The van der Waals surface area contributed by atoms with Crippen LogP contribution in [-0.2, 0) is 4.74 Å². The molecule has 3 N–H and O–H groups in total. The molecule has 33 heavy (non-hydrogen) atoms. The zero-order valence-corrected chi connectivity index (χ0v) is 18.3. The lowest BCUT2D eigenvalue weighted by molar-refractivity contribution is 0.121. The monoisotopic (exact) mass is 449 g/mol. The van der Waals surface area contributed by atoms with E-state index in [1.54, 1.807) is 0 Å². The van der Waals surface area contributed by atoms with E-state index in [0.29, 0.717) is 31.0 Å². The number of hydrazone groups is 1. The maximum Gasteiger partial charge on any atom is 0.225 e. The number of hydrogen-bond donors (Lipinski definition) is 3. The van der Waals surface area contributed by atoms with Crippen LogP contribution in [0.5, 0.6) is 5.88 Å². The summed E-state index contributed by atoms with van der Waals surface area (Å²) in [7, 11) is 0. The van der Waals surface area contributed by atoms with Gasteiger partial charge < -0.3 is 18.9 Å². The molecule has 2 aliphatic heterocycles. The molecule has 6 rings (SSSR count). The Labute approximate surface area is 191 Å². The Morgan fingerprint density at radius 1 is 1.09 bits per heavy atom. The lowest BCUT2D eigenvalue weighted by Crippen LogP contribution is -2.37. The van der Waals surface area contributed by atoms with Crippen molar-refractivity contribution in [3.05, 3.63) is 42.6 Å². The average molecular weight is 450 g/mol. The number of hydrogen-bond acceptors (Lipinski definition) is 10. The van der Waals surface area contributed by atoms with E-state index in [-0.39, 0.29) is 6.10 Å². The predicted molar refractivity (Wildman–Crippen MR) is 123 cm³/mol. The number of ether oxygens (including phenoxy) is 2. The molecule has 3 aromatic heterocycles. The van der Waals surface area contributed by atoms with Gasteiger partial charge in [-0.15, -0.1) is 10.6 Å². The number of morpholine rings is 1. The maximum atomic E-state index is 6.56. The predicted octanol–water partition coefficient (Wildman–Crippen LogP) is 1.50. The van der Waals surface area contributed by atoms with Gasteiger partial charge in [0.05, 0.1) is 30.4 Å². The van der Waals surface area contributed by atoms with E-state index in [1.165, 1.54) is 0 Å². The lowest BCUT2D eigenvalue weighted by Gasteiger charge is -2.31. The van der Waals surface area contributed by atoms with Crippen molar-refractivity contribution in [1.29, 1.82) is 0 Å². The number of amidine groups is 1. The smallest absolute Gasteiger partial charge is 0.225 e. The molecule has 1 saturated carbocycles. The topological polar surface area (TPSA) is 114 Å². The number of nitrogens with one attached hydrogen (secondary N) is 3. The maximum absolute atomic E-state index is 6.56. The Morgan fingerprint density at radius 2 is 1.97 bits per heavy atom. The quantitative estimate of drug-likeness (QED) is 0.533. The van der Waals surface area contributed by atoms with Crippen LogP contribution in [0.3, 0.4) is 0 Å². The summed E-state index contributed by atoms with van der Waals surface area (Å²) in [6.07, 6.45) is 11.8. The van der Waals surface area contributed by atoms with Crippen molar-refractivity contribution in [1.82, 2.24) is 36.0 Å². The number of anilines is 1. The third-order valence-electron chi connectivity index (χ3n) is 6.51. The molecule has 5 heterocycles. The second-order valence-electron chi connectivity index (χ2n) is 8.56. The average Bonchev–Trinajstić information content (AvgIpc) is 3.60. The largest absolute Gasteiger partial charge is 0.474 e. The molecule has 0 radical (unpaired) electrons. The van der Waals surface area contributed by atoms with Crippen molar-refractivity contribution in [3.8, 4) is 5.88 Å². The minimum atomic E-state index is 0.120. The van der Waals surface area contributed by atoms with Crippen LogP contribution < -0.4 is 26.1 Å². The number of rotatable bonds is 5. The number of fused-ring (bicyclic) bond motifs is 1. The van der Waals surface area contributed by atoms with Crippen molar-refractivity contribution >= 4 is 22.6 Å². The molecule has 0 aromatic carbocycles. The van der Waals surface area contributed by atoms with Crippen LogP contribution in [0.1, 0.15) is 37.3 Å². The highest BCUT2D eigenvalue weighted by atomic mass is 16.5. The van der Waals surface area contributed by atoms with Gasteiger partial charge >= 0.3 is 0 Å². The third-order valence-corrected chi connectivity index (χ3v) is 6.51. The summed E-state index contributed by atoms with van der Waals surface area (Å²) in [5.41, 5.74) is 10.1. The zero-order chi connectivity index (χ0) is 22.0. The molecule has 0 bridgehead atoms. The number of hydrazine groups is 2. The Bertz CT molecular complexity index is 1140. The van der Waals surface area contributed by atoms with E-state index >= 15 is 0 Å². The Morgan fingerprint density at radius 3 is 2.73 bits per heavy atom. The fourth-order valence-electron chi connectivity index (χ4n) is 4.69.